The molecule has 0 radical (unpaired) electrons. The van der Waals surface area contributed by atoms with Crippen molar-refractivity contribution in [3.8, 4) is 5.75 Å². The molecule has 0 heterocycles. The molecule has 0 amide bonds. The average molecular weight is 288 g/mol. The lowest BCUT2D eigenvalue weighted by Crippen LogP contribution is -1.95. The summed E-state index contributed by atoms with van der Waals surface area (Å²) in [6.45, 7) is 3.58. The Balaban J connectivity index is 0.000000211. The number of carboxylic acid groups (broad SMARTS) is 2. The summed E-state index contributed by atoms with van der Waals surface area (Å²) in [5.74, 6) is -1.73. The van der Waals surface area contributed by atoms with Crippen molar-refractivity contribution in [2.24, 2.45) is 0 Å². The first-order valence-electron chi connectivity index (χ1n) is 6.14. The Bertz CT molecular complexity index is 644. The van der Waals surface area contributed by atoms with Gasteiger partial charge in [-0.15, -0.1) is 0 Å². The number of hydrogen-bond acceptors (Lipinski definition) is 3. The summed E-state index contributed by atoms with van der Waals surface area (Å²) in [6.07, 6.45) is 0. The van der Waals surface area contributed by atoms with Gasteiger partial charge in [-0.2, -0.15) is 0 Å². The number of aryl methyl sites for hydroxylation is 2. The SMILES string of the molecule is Cc1cc(C(=O)O)ccc1O.Cc1ccc(C(=O)O)cc1. The van der Waals surface area contributed by atoms with Gasteiger partial charge in [-0.25, -0.2) is 9.59 Å². The fourth-order valence-corrected chi connectivity index (χ4v) is 1.48. The molecule has 110 valence electrons. The van der Waals surface area contributed by atoms with Crippen LogP contribution in [0.15, 0.2) is 42.5 Å². The van der Waals surface area contributed by atoms with Gasteiger partial charge in [0.2, 0.25) is 0 Å². The molecule has 0 aromatic heterocycles. The number of phenolic OH excluding ortho intramolecular Hbond substituents is 1. The molecule has 5 heteroatoms. The molecule has 0 aliphatic carbocycles. The Labute approximate surface area is 122 Å². The third kappa shape index (κ3) is 4.99. The largest absolute Gasteiger partial charge is 0.508 e. The number of carboxylic acids is 2. The summed E-state index contributed by atoms with van der Waals surface area (Å²) < 4.78 is 0. The van der Waals surface area contributed by atoms with Crippen molar-refractivity contribution >= 4 is 11.9 Å². The van der Waals surface area contributed by atoms with Crippen LogP contribution in [-0.4, -0.2) is 27.3 Å². The normalized spacial score (nSPS) is 9.43. The molecular formula is C16H16O5. The second-order valence-electron chi connectivity index (χ2n) is 4.48. The Kier molecular flexibility index (Phi) is 5.48. The van der Waals surface area contributed by atoms with E-state index < -0.39 is 11.9 Å². The average Bonchev–Trinajstić information content (AvgIpc) is 2.43. The summed E-state index contributed by atoms with van der Waals surface area (Å²) in [6, 6.07) is 10.9. The molecule has 0 fully saturated rings. The lowest BCUT2D eigenvalue weighted by atomic mass is 10.1. The molecular weight excluding hydrogens is 272 g/mol. The molecule has 0 atom stereocenters. The van der Waals surface area contributed by atoms with Crippen LogP contribution in [0.3, 0.4) is 0 Å². The van der Waals surface area contributed by atoms with Gasteiger partial charge in [0.1, 0.15) is 5.75 Å². The second-order valence-corrected chi connectivity index (χ2v) is 4.48. The molecule has 3 N–H and O–H groups in total. The summed E-state index contributed by atoms with van der Waals surface area (Å²) in [5.41, 5.74) is 2.18. The highest BCUT2D eigenvalue weighted by Crippen LogP contribution is 2.16. The molecule has 0 aliphatic heterocycles. The van der Waals surface area contributed by atoms with Crippen LogP contribution in [-0.2, 0) is 0 Å². The van der Waals surface area contributed by atoms with Crippen LogP contribution < -0.4 is 0 Å². The highest BCUT2D eigenvalue weighted by Gasteiger charge is 2.03. The summed E-state index contributed by atoms with van der Waals surface area (Å²) in [5, 5.41) is 26.0. The number of hydrogen-bond donors (Lipinski definition) is 3. The fraction of sp³-hybridized carbons (Fsp3) is 0.125. The predicted octanol–water partition coefficient (Wildman–Crippen LogP) is 3.09. The van der Waals surface area contributed by atoms with Gasteiger partial charge < -0.3 is 15.3 Å². The monoisotopic (exact) mass is 288 g/mol. The Hall–Kier alpha value is -2.82. The van der Waals surface area contributed by atoms with Gasteiger partial charge in [-0.3, -0.25) is 0 Å². The number of carbonyl (C=O) groups is 2. The van der Waals surface area contributed by atoms with Crippen molar-refractivity contribution in [3.05, 3.63) is 64.7 Å². The maximum Gasteiger partial charge on any atom is 0.335 e. The van der Waals surface area contributed by atoms with Crippen LogP contribution in [0.25, 0.3) is 0 Å². The van der Waals surface area contributed by atoms with E-state index in [1.807, 2.05) is 6.92 Å². The van der Waals surface area contributed by atoms with Crippen LogP contribution in [0.1, 0.15) is 31.8 Å². The van der Waals surface area contributed by atoms with E-state index in [1.54, 1.807) is 31.2 Å². The van der Waals surface area contributed by atoms with Gasteiger partial charge in [0.25, 0.3) is 0 Å². The third-order valence-electron chi connectivity index (χ3n) is 2.74. The molecule has 0 spiro atoms. The molecule has 0 saturated heterocycles. The van der Waals surface area contributed by atoms with Gasteiger partial charge in [-0.1, -0.05) is 17.7 Å². The molecule has 2 rings (SSSR count). The maximum atomic E-state index is 10.4. The van der Waals surface area contributed by atoms with E-state index in [-0.39, 0.29) is 11.3 Å². The first-order valence-corrected chi connectivity index (χ1v) is 6.14. The zero-order valence-electron chi connectivity index (χ0n) is 11.7. The van der Waals surface area contributed by atoms with E-state index in [1.165, 1.54) is 18.2 Å². The number of rotatable bonds is 2. The number of phenols is 1. The van der Waals surface area contributed by atoms with Gasteiger partial charge in [-0.05, 0) is 49.7 Å². The molecule has 2 aromatic carbocycles. The third-order valence-corrected chi connectivity index (χ3v) is 2.74. The Morgan fingerprint density at radius 2 is 1.29 bits per heavy atom. The molecule has 0 bridgehead atoms. The van der Waals surface area contributed by atoms with E-state index in [2.05, 4.69) is 0 Å². The van der Waals surface area contributed by atoms with Crippen LogP contribution in [0.5, 0.6) is 5.75 Å². The summed E-state index contributed by atoms with van der Waals surface area (Å²) in [7, 11) is 0. The van der Waals surface area contributed by atoms with E-state index in [0.29, 0.717) is 11.1 Å². The summed E-state index contributed by atoms with van der Waals surface area (Å²) in [4.78, 5) is 20.7. The fourth-order valence-electron chi connectivity index (χ4n) is 1.48. The molecule has 2 aromatic rings. The van der Waals surface area contributed by atoms with Crippen molar-refractivity contribution in [1.29, 1.82) is 0 Å². The second kappa shape index (κ2) is 7.09. The molecule has 5 nitrogen and oxygen atoms in total. The van der Waals surface area contributed by atoms with Crippen molar-refractivity contribution in [2.75, 3.05) is 0 Å². The summed E-state index contributed by atoms with van der Waals surface area (Å²) >= 11 is 0. The smallest absolute Gasteiger partial charge is 0.335 e. The van der Waals surface area contributed by atoms with Gasteiger partial charge in [0, 0.05) is 0 Å². The first-order chi connectivity index (χ1) is 9.81. The van der Waals surface area contributed by atoms with Crippen molar-refractivity contribution in [2.45, 2.75) is 13.8 Å². The van der Waals surface area contributed by atoms with E-state index >= 15 is 0 Å². The molecule has 0 aliphatic rings. The standard InChI is InChI=1S/C8H8O3.C8H8O2/c1-5-4-6(8(10)11)2-3-7(5)9;1-6-2-4-7(5-3-6)8(9)10/h2-4,9H,1H3,(H,10,11);2-5H,1H3,(H,9,10). The minimum atomic E-state index is -0.979. The topological polar surface area (TPSA) is 94.8 Å². The van der Waals surface area contributed by atoms with Crippen molar-refractivity contribution in [1.82, 2.24) is 0 Å². The van der Waals surface area contributed by atoms with Crippen LogP contribution in [0.4, 0.5) is 0 Å². The zero-order chi connectivity index (χ0) is 16.0. The van der Waals surface area contributed by atoms with Gasteiger partial charge in [0.15, 0.2) is 0 Å². The maximum absolute atomic E-state index is 10.4. The molecule has 21 heavy (non-hydrogen) atoms. The molecule has 0 unspecified atom stereocenters. The first kappa shape index (κ1) is 16.2. The van der Waals surface area contributed by atoms with Crippen LogP contribution >= 0.6 is 0 Å². The van der Waals surface area contributed by atoms with E-state index in [9.17, 15) is 9.59 Å². The Morgan fingerprint density at radius 3 is 1.71 bits per heavy atom. The highest BCUT2D eigenvalue weighted by atomic mass is 16.4. The number of benzene rings is 2. The van der Waals surface area contributed by atoms with Crippen LogP contribution in [0, 0.1) is 13.8 Å². The van der Waals surface area contributed by atoms with E-state index in [0.717, 1.165) is 5.56 Å². The Morgan fingerprint density at radius 1 is 0.810 bits per heavy atom. The van der Waals surface area contributed by atoms with Crippen molar-refractivity contribution < 1.29 is 24.9 Å². The number of aromatic hydroxyl groups is 1. The lowest BCUT2D eigenvalue weighted by molar-refractivity contribution is 0.0686. The number of aromatic carboxylic acids is 2. The molecule has 0 saturated carbocycles. The zero-order valence-corrected chi connectivity index (χ0v) is 11.7. The quantitative estimate of drug-likeness (QED) is 0.789. The van der Waals surface area contributed by atoms with Crippen molar-refractivity contribution in [3.63, 3.8) is 0 Å². The highest BCUT2D eigenvalue weighted by molar-refractivity contribution is 5.88. The van der Waals surface area contributed by atoms with E-state index in [4.69, 9.17) is 15.3 Å². The predicted molar refractivity (Wildman–Crippen MR) is 77.9 cm³/mol. The minimum Gasteiger partial charge on any atom is -0.508 e. The minimum absolute atomic E-state index is 0.120. The lowest BCUT2D eigenvalue weighted by Gasteiger charge is -1.98. The van der Waals surface area contributed by atoms with Gasteiger partial charge in [0.05, 0.1) is 11.1 Å². The van der Waals surface area contributed by atoms with Gasteiger partial charge >= 0.3 is 11.9 Å². The van der Waals surface area contributed by atoms with Crippen LogP contribution in [0.2, 0.25) is 0 Å².